The minimum absolute atomic E-state index is 0.238. The van der Waals surface area contributed by atoms with Gasteiger partial charge in [-0.1, -0.05) is 30.3 Å². The third-order valence-electron chi connectivity index (χ3n) is 2.95. The Kier molecular flexibility index (Phi) is 4.68. The quantitative estimate of drug-likeness (QED) is 0.846. The second kappa shape index (κ2) is 6.86. The van der Waals surface area contributed by atoms with Gasteiger partial charge in [-0.3, -0.25) is 9.59 Å². The van der Waals surface area contributed by atoms with Gasteiger partial charge in [-0.25, -0.2) is 0 Å². The van der Waals surface area contributed by atoms with Crippen LogP contribution in [0.25, 0.3) is 6.08 Å². The molecule has 0 fully saturated rings. The Morgan fingerprint density at radius 3 is 2.50 bits per heavy atom. The molecule has 2 aromatic carbocycles. The molecule has 2 amide bonds. The highest BCUT2D eigenvalue weighted by Gasteiger charge is 2.08. The van der Waals surface area contributed by atoms with E-state index in [0.29, 0.717) is 16.8 Å². The lowest BCUT2D eigenvalue weighted by molar-refractivity contribution is -0.111. The first-order valence-corrected chi connectivity index (χ1v) is 6.49. The van der Waals surface area contributed by atoms with Gasteiger partial charge in [0.25, 0.3) is 5.91 Å². The number of hydrogen-bond acceptors (Lipinski definition) is 3. The van der Waals surface area contributed by atoms with Crippen molar-refractivity contribution in [2.75, 3.05) is 5.32 Å². The zero-order valence-electron chi connectivity index (χ0n) is 11.6. The van der Waals surface area contributed by atoms with Crippen molar-refractivity contribution in [2.24, 2.45) is 5.73 Å². The van der Waals surface area contributed by atoms with E-state index in [4.69, 9.17) is 11.0 Å². The third-order valence-corrected chi connectivity index (χ3v) is 2.95. The van der Waals surface area contributed by atoms with E-state index in [9.17, 15) is 9.59 Å². The van der Waals surface area contributed by atoms with Crippen molar-refractivity contribution in [1.82, 2.24) is 0 Å². The maximum atomic E-state index is 11.9. The molecule has 0 aliphatic heterocycles. The molecule has 108 valence electrons. The molecular weight excluding hydrogens is 278 g/mol. The number of nitrogens with zero attached hydrogens (tertiary/aromatic N) is 1. The van der Waals surface area contributed by atoms with Crippen molar-refractivity contribution in [3.05, 3.63) is 71.3 Å². The van der Waals surface area contributed by atoms with Crippen molar-refractivity contribution in [1.29, 1.82) is 5.26 Å². The average molecular weight is 291 g/mol. The van der Waals surface area contributed by atoms with Gasteiger partial charge in [0, 0.05) is 6.08 Å². The molecule has 0 bridgehead atoms. The van der Waals surface area contributed by atoms with Crippen LogP contribution < -0.4 is 11.1 Å². The van der Waals surface area contributed by atoms with E-state index < -0.39 is 11.8 Å². The molecule has 2 rings (SSSR count). The fourth-order valence-electron chi connectivity index (χ4n) is 1.89. The molecule has 0 saturated carbocycles. The third kappa shape index (κ3) is 3.58. The van der Waals surface area contributed by atoms with E-state index in [1.807, 2.05) is 6.07 Å². The standard InChI is InChI=1S/C17H13N3O2/c18-11-13-6-2-1-5-12(13)9-10-16(21)20-15-8-4-3-7-14(15)17(19)22/h1-10H,(H2,19,22)(H,20,21). The summed E-state index contributed by atoms with van der Waals surface area (Å²) in [5.41, 5.74) is 6.95. The lowest BCUT2D eigenvalue weighted by atomic mass is 10.1. The van der Waals surface area contributed by atoms with Crippen molar-refractivity contribution >= 4 is 23.6 Å². The molecule has 5 nitrogen and oxygen atoms in total. The van der Waals surface area contributed by atoms with Crippen LogP contribution >= 0.6 is 0 Å². The number of nitriles is 1. The smallest absolute Gasteiger partial charge is 0.250 e. The molecule has 3 N–H and O–H groups in total. The van der Waals surface area contributed by atoms with Crippen molar-refractivity contribution in [3.8, 4) is 6.07 Å². The summed E-state index contributed by atoms with van der Waals surface area (Å²) >= 11 is 0. The van der Waals surface area contributed by atoms with E-state index in [0.717, 1.165) is 0 Å². The maximum absolute atomic E-state index is 11.9. The minimum atomic E-state index is -0.616. The van der Waals surface area contributed by atoms with Crippen LogP contribution in [0, 0.1) is 11.3 Å². The second-order valence-corrected chi connectivity index (χ2v) is 4.43. The molecule has 0 spiro atoms. The van der Waals surface area contributed by atoms with E-state index in [1.54, 1.807) is 48.5 Å². The number of rotatable bonds is 4. The molecule has 22 heavy (non-hydrogen) atoms. The van der Waals surface area contributed by atoms with Gasteiger partial charge < -0.3 is 11.1 Å². The van der Waals surface area contributed by atoms with Crippen molar-refractivity contribution in [3.63, 3.8) is 0 Å². The Morgan fingerprint density at radius 2 is 1.77 bits per heavy atom. The molecule has 5 heteroatoms. The highest BCUT2D eigenvalue weighted by molar-refractivity contribution is 6.07. The van der Waals surface area contributed by atoms with Gasteiger partial charge in [-0.2, -0.15) is 5.26 Å². The summed E-state index contributed by atoms with van der Waals surface area (Å²) in [5, 5.41) is 11.6. The molecule has 0 saturated heterocycles. The van der Waals surface area contributed by atoms with Crippen LogP contribution in [0.4, 0.5) is 5.69 Å². The molecule has 0 atom stereocenters. The highest BCUT2D eigenvalue weighted by Crippen LogP contribution is 2.14. The van der Waals surface area contributed by atoms with Gasteiger partial charge in [0.2, 0.25) is 5.91 Å². The van der Waals surface area contributed by atoms with Gasteiger partial charge in [0.15, 0.2) is 0 Å². The fourth-order valence-corrected chi connectivity index (χ4v) is 1.89. The lowest BCUT2D eigenvalue weighted by Crippen LogP contribution is -2.16. The minimum Gasteiger partial charge on any atom is -0.366 e. The number of amides is 2. The topological polar surface area (TPSA) is 96.0 Å². The Hall–Kier alpha value is -3.39. The lowest BCUT2D eigenvalue weighted by Gasteiger charge is -2.06. The first-order chi connectivity index (χ1) is 10.6. The van der Waals surface area contributed by atoms with E-state index in [2.05, 4.69) is 5.32 Å². The van der Waals surface area contributed by atoms with E-state index >= 15 is 0 Å². The summed E-state index contributed by atoms with van der Waals surface area (Å²) in [4.78, 5) is 23.2. The summed E-state index contributed by atoms with van der Waals surface area (Å²) in [7, 11) is 0. The number of carbonyl (C=O) groups excluding carboxylic acids is 2. The molecule has 2 aromatic rings. The SMILES string of the molecule is N#Cc1ccccc1C=CC(=O)Nc1ccccc1C(N)=O. The molecule has 0 aromatic heterocycles. The predicted octanol–water partition coefficient (Wildman–Crippen LogP) is 2.31. The Balaban J connectivity index is 2.16. The van der Waals surface area contributed by atoms with Gasteiger partial charge in [0.1, 0.15) is 0 Å². The first-order valence-electron chi connectivity index (χ1n) is 6.49. The summed E-state index contributed by atoms with van der Waals surface area (Å²) in [5.74, 6) is -1.03. The molecule has 0 unspecified atom stereocenters. The van der Waals surface area contributed by atoms with Crippen LogP contribution in [0.3, 0.4) is 0 Å². The number of nitrogens with one attached hydrogen (secondary N) is 1. The van der Waals surface area contributed by atoms with Crippen molar-refractivity contribution in [2.45, 2.75) is 0 Å². The van der Waals surface area contributed by atoms with Crippen molar-refractivity contribution < 1.29 is 9.59 Å². The van der Waals surface area contributed by atoms with Crippen LogP contribution in [0.2, 0.25) is 0 Å². The zero-order valence-corrected chi connectivity index (χ0v) is 11.6. The zero-order chi connectivity index (χ0) is 15.9. The van der Waals surface area contributed by atoms with Gasteiger partial charge in [0.05, 0.1) is 22.9 Å². The summed E-state index contributed by atoms with van der Waals surface area (Å²) < 4.78 is 0. The van der Waals surface area contributed by atoms with Crippen LogP contribution in [-0.4, -0.2) is 11.8 Å². The molecule has 0 aliphatic rings. The first kappa shape index (κ1) is 15.0. The van der Waals surface area contributed by atoms with E-state index in [-0.39, 0.29) is 5.56 Å². The van der Waals surface area contributed by atoms with E-state index in [1.165, 1.54) is 12.1 Å². The number of benzene rings is 2. The number of para-hydroxylation sites is 1. The molecule has 0 radical (unpaired) electrons. The molecule has 0 heterocycles. The normalized spacial score (nSPS) is 10.1. The number of carbonyl (C=O) groups is 2. The summed E-state index contributed by atoms with van der Waals surface area (Å²) in [6.07, 6.45) is 2.84. The van der Waals surface area contributed by atoms with Gasteiger partial charge >= 0.3 is 0 Å². The second-order valence-electron chi connectivity index (χ2n) is 4.43. The number of primary amides is 1. The number of anilines is 1. The summed E-state index contributed by atoms with van der Waals surface area (Å²) in [6.45, 7) is 0. The Bertz CT molecular complexity index is 788. The van der Waals surface area contributed by atoms with Crippen LogP contribution in [0.1, 0.15) is 21.5 Å². The molecular formula is C17H13N3O2. The van der Waals surface area contributed by atoms with Crippen LogP contribution in [0.15, 0.2) is 54.6 Å². The number of hydrogen-bond donors (Lipinski definition) is 2. The Morgan fingerprint density at radius 1 is 1.09 bits per heavy atom. The fraction of sp³-hybridized carbons (Fsp3) is 0. The van der Waals surface area contributed by atoms with Gasteiger partial charge in [-0.15, -0.1) is 0 Å². The van der Waals surface area contributed by atoms with Crippen LogP contribution in [-0.2, 0) is 4.79 Å². The average Bonchev–Trinajstić information content (AvgIpc) is 2.53. The number of nitrogens with two attached hydrogens (primary N) is 1. The predicted molar refractivity (Wildman–Crippen MR) is 83.8 cm³/mol. The van der Waals surface area contributed by atoms with Gasteiger partial charge in [-0.05, 0) is 29.8 Å². The monoisotopic (exact) mass is 291 g/mol. The molecule has 0 aliphatic carbocycles. The maximum Gasteiger partial charge on any atom is 0.250 e. The van der Waals surface area contributed by atoms with Crippen LogP contribution in [0.5, 0.6) is 0 Å². The highest BCUT2D eigenvalue weighted by atomic mass is 16.2. The largest absolute Gasteiger partial charge is 0.366 e. The Labute approximate surface area is 127 Å². The summed E-state index contributed by atoms with van der Waals surface area (Å²) in [6, 6.07) is 15.5.